The maximum atomic E-state index is 13.0. The molecule has 1 amide bonds. The van der Waals surface area contributed by atoms with Crippen LogP contribution in [0.3, 0.4) is 0 Å². The van der Waals surface area contributed by atoms with Gasteiger partial charge in [-0.2, -0.15) is 0 Å². The molecule has 0 saturated carbocycles. The molecule has 1 heterocycles. The van der Waals surface area contributed by atoms with Crippen molar-refractivity contribution in [3.63, 3.8) is 0 Å². The van der Waals surface area contributed by atoms with Crippen LogP contribution in [-0.2, 0) is 17.8 Å². The maximum Gasteiger partial charge on any atom is 0.253 e. The van der Waals surface area contributed by atoms with Crippen molar-refractivity contribution < 1.29 is 9.53 Å². The number of anilines is 1. The van der Waals surface area contributed by atoms with E-state index in [4.69, 9.17) is 4.74 Å². The fourth-order valence-corrected chi connectivity index (χ4v) is 3.95. The van der Waals surface area contributed by atoms with Gasteiger partial charge in [0.1, 0.15) is 0 Å². The highest BCUT2D eigenvalue weighted by molar-refractivity contribution is 5.94. The molecule has 1 aliphatic rings. The molecule has 1 aliphatic heterocycles. The van der Waals surface area contributed by atoms with E-state index in [-0.39, 0.29) is 5.91 Å². The molecule has 0 bridgehead atoms. The molecule has 1 saturated heterocycles. The highest BCUT2D eigenvalue weighted by Crippen LogP contribution is 2.23. The van der Waals surface area contributed by atoms with Gasteiger partial charge in [-0.3, -0.25) is 9.69 Å². The third kappa shape index (κ3) is 5.61. The quantitative estimate of drug-likeness (QED) is 0.660. The fraction of sp³-hybridized carbons (Fsp3) is 0.480. The molecule has 0 aromatic heterocycles. The Morgan fingerprint density at radius 1 is 1.03 bits per heavy atom. The summed E-state index contributed by atoms with van der Waals surface area (Å²) in [4.78, 5) is 19.6. The van der Waals surface area contributed by atoms with E-state index in [0.29, 0.717) is 12.6 Å². The Bertz CT molecular complexity index is 813. The summed E-state index contributed by atoms with van der Waals surface area (Å²) in [5, 5.41) is 0. The zero-order valence-corrected chi connectivity index (χ0v) is 18.8. The standard InChI is InChI=1S/C25H35N3O2/c1-5-27(20(2)3)18-21-10-12-22(13-11-21)25(29)26(4)19-23-8-6-7-9-24(23)28-14-16-30-17-15-28/h6-13,20H,5,14-19H2,1-4H3. The van der Waals surface area contributed by atoms with Crippen LogP contribution in [0.4, 0.5) is 5.69 Å². The van der Waals surface area contributed by atoms with Crippen LogP contribution in [0.25, 0.3) is 0 Å². The van der Waals surface area contributed by atoms with Gasteiger partial charge in [0.15, 0.2) is 0 Å². The van der Waals surface area contributed by atoms with Crippen molar-refractivity contribution in [3.8, 4) is 0 Å². The number of carbonyl (C=O) groups excluding carboxylic acids is 1. The second kappa shape index (κ2) is 10.6. The summed E-state index contributed by atoms with van der Waals surface area (Å²) in [5.41, 5.74) is 4.34. The van der Waals surface area contributed by atoms with Gasteiger partial charge in [-0.05, 0) is 49.7 Å². The van der Waals surface area contributed by atoms with Gasteiger partial charge in [0.05, 0.1) is 13.2 Å². The van der Waals surface area contributed by atoms with E-state index < -0.39 is 0 Å². The lowest BCUT2D eigenvalue weighted by molar-refractivity contribution is 0.0785. The number of nitrogens with zero attached hydrogens (tertiary/aromatic N) is 3. The zero-order valence-electron chi connectivity index (χ0n) is 18.8. The van der Waals surface area contributed by atoms with Crippen molar-refractivity contribution in [2.24, 2.45) is 0 Å². The van der Waals surface area contributed by atoms with Crippen molar-refractivity contribution in [3.05, 3.63) is 65.2 Å². The third-order valence-electron chi connectivity index (χ3n) is 5.82. The fourth-order valence-electron chi connectivity index (χ4n) is 3.95. The number of amides is 1. The van der Waals surface area contributed by atoms with Gasteiger partial charge in [0.2, 0.25) is 0 Å². The Morgan fingerprint density at radius 2 is 1.70 bits per heavy atom. The van der Waals surface area contributed by atoms with E-state index >= 15 is 0 Å². The van der Waals surface area contributed by atoms with Crippen LogP contribution in [0.1, 0.15) is 42.3 Å². The summed E-state index contributed by atoms with van der Waals surface area (Å²) in [5.74, 6) is 0.0505. The number of morpholine rings is 1. The molecular formula is C25H35N3O2. The highest BCUT2D eigenvalue weighted by atomic mass is 16.5. The number of hydrogen-bond donors (Lipinski definition) is 0. The average Bonchev–Trinajstić information content (AvgIpc) is 2.78. The first kappa shape index (κ1) is 22.3. The van der Waals surface area contributed by atoms with Crippen LogP contribution in [0.15, 0.2) is 48.5 Å². The minimum atomic E-state index is 0.0505. The minimum absolute atomic E-state index is 0.0505. The Kier molecular flexibility index (Phi) is 7.88. The normalized spacial score (nSPS) is 14.4. The molecule has 162 valence electrons. The topological polar surface area (TPSA) is 36.0 Å². The Morgan fingerprint density at radius 3 is 2.33 bits per heavy atom. The highest BCUT2D eigenvalue weighted by Gasteiger charge is 2.18. The first-order valence-electron chi connectivity index (χ1n) is 11.0. The average molecular weight is 410 g/mol. The van der Waals surface area contributed by atoms with E-state index in [1.54, 1.807) is 4.90 Å². The SMILES string of the molecule is CCN(Cc1ccc(C(=O)N(C)Cc2ccccc2N2CCOCC2)cc1)C(C)C. The van der Waals surface area contributed by atoms with Crippen molar-refractivity contribution in [2.45, 2.75) is 39.9 Å². The van der Waals surface area contributed by atoms with Gasteiger partial charge in [0, 0.05) is 50.5 Å². The van der Waals surface area contributed by atoms with Crippen LogP contribution in [0, 0.1) is 0 Å². The van der Waals surface area contributed by atoms with Gasteiger partial charge in [-0.15, -0.1) is 0 Å². The summed E-state index contributed by atoms with van der Waals surface area (Å²) >= 11 is 0. The van der Waals surface area contributed by atoms with E-state index in [9.17, 15) is 4.79 Å². The lowest BCUT2D eigenvalue weighted by Crippen LogP contribution is -2.37. The molecule has 30 heavy (non-hydrogen) atoms. The first-order chi connectivity index (χ1) is 14.5. The number of rotatable bonds is 8. The van der Waals surface area contributed by atoms with E-state index in [2.05, 4.69) is 60.9 Å². The molecule has 0 atom stereocenters. The Hall–Kier alpha value is -2.37. The van der Waals surface area contributed by atoms with E-state index in [1.165, 1.54) is 16.8 Å². The van der Waals surface area contributed by atoms with Crippen molar-refractivity contribution in [1.82, 2.24) is 9.80 Å². The largest absolute Gasteiger partial charge is 0.378 e. The molecule has 0 N–H and O–H groups in total. The number of para-hydroxylation sites is 1. The van der Waals surface area contributed by atoms with Crippen molar-refractivity contribution >= 4 is 11.6 Å². The van der Waals surface area contributed by atoms with Crippen LogP contribution in [-0.4, -0.2) is 61.6 Å². The third-order valence-corrected chi connectivity index (χ3v) is 5.82. The van der Waals surface area contributed by atoms with Gasteiger partial charge in [0.25, 0.3) is 5.91 Å². The Balaban J connectivity index is 1.66. The maximum absolute atomic E-state index is 13.0. The second-order valence-electron chi connectivity index (χ2n) is 8.24. The summed E-state index contributed by atoms with van der Waals surface area (Å²) in [6.07, 6.45) is 0. The monoisotopic (exact) mass is 409 g/mol. The molecule has 0 spiro atoms. The molecule has 0 radical (unpaired) electrons. The molecule has 3 rings (SSSR count). The lowest BCUT2D eigenvalue weighted by Gasteiger charge is -2.31. The summed E-state index contributed by atoms with van der Waals surface area (Å²) in [6, 6.07) is 16.9. The molecule has 0 unspecified atom stereocenters. The van der Waals surface area contributed by atoms with Gasteiger partial charge in [-0.25, -0.2) is 0 Å². The molecule has 2 aromatic rings. The Labute approximate surface area is 181 Å². The zero-order chi connectivity index (χ0) is 21.5. The predicted octanol–water partition coefficient (Wildman–Crippen LogP) is 4.03. The summed E-state index contributed by atoms with van der Waals surface area (Å²) in [6.45, 7) is 12.4. The lowest BCUT2D eigenvalue weighted by atomic mass is 10.1. The molecule has 0 aliphatic carbocycles. The van der Waals surface area contributed by atoms with Gasteiger partial charge >= 0.3 is 0 Å². The second-order valence-corrected chi connectivity index (χ2v) is 8.24. The molecule has 5 heteroatoms. The summed E-state index contributed by atoms with van der Waals surface area (Å²) < 4.78 is 5.48. The van der Waals surface area contributed by atoms with Crippen LogP contribution >= 0.6 is 0 Å². The molecule has 2 aromatic carbocycles. The molecule has 1 fully saturated rings. The van der Waals surface area contributed by atoms with Gasteiger partial charge in [-0.1, -0.05) is 37.3 Å². The number of carbonyl (C=O) groups is 1. The van der Waals surface area contributed by atoms with Crippen molar-refractivity contribution in [1.29, 1.82) is 0 Å². The minimum Gasteiger partial charge on any atom is -0.378 e. The van der Waals surface area contributed by atoms with Gasteiger partial charge < -0.3 is 14.5 Å². The summed E-state index contributed by atoms with van der Waals surface area (Å²) in [7, 11) is 1.88. The number of benzene rings is 2. The van der Waals surface area contributed by atoms with Crippen LogP contribution < -0.4 is 4.90 Å². The number of ether oxygens (including phenoxy) is 1. The van der Waals surface area contributed by atoms with E-state index in [1.807, 2.05) is 25.2 Å². The number of hydrogen-bond acceptors (Lipinski definition) is 4. The smallest absolute Gasteiger partial charge is 0.253 e. The van der Waals surface area contributed by atoms with Crippen LogP contribution in [0.2, 0.25) is 0 Å². The molecular weight excluding hydrogens is 374 g/mol. The molecule has 5 nitrogen and oxygen atoms in total. The first-order valence-corrected chi connectivity index (χ1v) is 11.0. The van der Waals surface area contributed by atoms with Crippen LogP contribution in [0.5, 0.6) is 0 Å². The predicted molar refractivity (Wildman–Crippen MR) is 123 cm³/mol. The van der Waals surface area contributed by atoms with Crippen molar-refractivity contribution in [2.75, 3.05) is 44.8 Å². The van der Waals surface area contributed by atoms with E-state index in [0.717, 1.165) is 45.0 Å².